The van der Waals surface area contributed by atoms with Crippen LogP contribution in [0.15, 0.2) is 35.2 Å². The Bertz CT molecular complexity index is 486. The third kappa shape index (κ3) is 1.74. The minimum atomic E-state index is -0.0984. The van der Waals surface area contributed by atoms with Crippen LogP contribution >= 0.6 is 0 Å². The number of carbonyl (C=O) groups is 1. The van der Waals surface area contributed by atoms with Crippen molar-refractivity contribution in [2.45, 2.75) is 12.8 Å². The van der Waals surface area contributed by atoms with E-state index in [2.05, 4.69) is 15.3 Å². The van der Waals surface area contributed by atoms with Crippen molar-refractivity contribution >= 4 is 17.8 Å². The molecule has 0 spiro atoms. The van der Waals surface area contributed by atoms with Crippen LogP contribution in [0.3, 0.4) is 0 Å². The lowest BCUT2D eigenvalue weighted by atomic mass is 10.2. The van der Waals surface area contributed by atoms with Gasteiger partial charge in [0.15, 0.2) is 0 Å². The number of nitrogens with zero attached hydrogens (tertiary/aromatic N) is 2. The van der Waals surface area contributed by atoms with Gasteiger partial charge in [0.1, 0.15) is 11.5 Å². The summed E-state index contributed by atoms with van der Waals surface area (Å²) in [6.07, 6.45) is 7.46. The molecule has 1 amide bonds. The highest BCUT2D eigenvalue weighted by Gasteiger charge is 2.33. The van der Waals surface area contributed by atoms with Crippen molar-refractivity contribution < 1.29 is 4.79 Å². The zero-order valence-electron chi connectivity index (χ0n) is 8.68. The summed E-state index contributed by atoms with van der Waals surface area (Å²) < 4.78 is 0. The summed E-state index contributed by atoms with van der Waals surface area (Å²) in [5, 5.41) is 2.81. The summed E-state index contributed by atoms with van der Waals surface area (Å²) in [4.78, 5) is 19.9. The molecule has 16 heavy (non-hydrogen) atoms. The second-order valence-corrected chi connectivity index (χ2v) is 4.04. The Labute approximate surface area is 93.1 Å². The number of aromatic nitrogens is 1. The van der Waals surface area contributed by atoms with Crippen LogP contribution in [-0.2, 0) is 4.79 Å². The SMILES string of the molecule is O=C1NC(C2CC2)=N/C1=C/c1ccncc1. The molecule has 0 aromatic carbocycles. The van der Waals surface area contributed by atoms with Crippen molar-refractivity contribution in [3.05, 3.63) is 35.8 Å². The van der Waals surface area contributed by atoms with Gasteiger partial charge in [0, 0.05) is 18.3 Å². The molecule has 3 rings (SSSR count). The molecule has 80 valence electrons. The predicted molar refractivity (Wildman–Crippen MR) is 60.5 cm³/mol. The highest BCUT2D eigenvalue weighted by Crippen LogP contribution is 2.32. The van der Waals surface area contributed by atoms with Crippen LogP contribution in [0.25, 0.3) is 6.08 Å². The Morgan fingerprint density at radius 1 is 1.31 bits per heavy atom. The van der Waals surface area contributed by atoms with E-state index in [4.69, 9.17) is 0 Å². The van der Waals surface area contributed by atoms with Crippen LogP contribution in [0.1, 0.15) is 18.4 Å². The number of aliphatic imine (C=N–C) groups is 1. The molecule has 1 saturated carbocycles. The fraction of sp³-hybridized carbons (Fsp3) is 0.250. The van der Waals surface area contributed by atoms with Crippen LogP contribution in [0.4, 0.5) is 0 Å². The van der Waals surface area contributed by atoms with Crippen molar-refractivity contribution in [1.82, 2.24) is 10.3 Å². The monoisotopic (exact) mass is 213 g/mol. The van der Waals surface area contributed by atoms with E-state index in [1.54, 1.807) is 18.5 Å². The summed E-state index contributed by atoms with van der Waals surface area (Å²) in [6, 6.07) is 3.70. The fourth-order valence-electron chi connectivity index (χ4n) is 1.65. The third-order valence-electron chi connectivity index (χ3n) is 2.69. The van der Waals surface area contributed by atoms with Crippen molar-refractivity contribution in [3.63, 3.8) is 0 Å². The minimum absolute atomic E-state index is 0.0984. The summed E-state index contributed by atoms with van der Waals surface area (Å²) in [5.74, 6) is 1.22. The molecule has 1 aliphatic carbocycles. The molecule has 4 heteroatoms. The van der Waals surface area contributed by atoms with Gasteiger partial charge in [0.05, 0.1) is 0 Å². The molecule has 4 nitrogen and oxygen atoms in total. The average Bonchev–Trinajstić information content (AvgIpc) is 3.07. The third-order valence-corrected chi connectivity index (χ3v) is 2.69. The summed E-state index contributed by atoms with van der Waals surface area (Å²) in [6.45, 7) is 0. The molecule has 0 saturated heterocycles. The maximum Gasteiger partial charge on any atom is 0.275 e. The summed E-state index contributed by atoms with van der Waals surface area (Å²) in [5.41, 5.74) is 1.44. The molecule has 1 aliphatic heterocycles. The maximum absolute atomic E-state index is 11.6. The van der Waals surface area contributed by atoms with E-state index < -0.39 is 0 Å². The van der Waals surface area contributed by atoms with Crippen molar-refractivity contribution in [1.29, 1.82) is 0 Å². The number of pyridine rings is 1. The highest BCUT2D eigenvalue weighted by molar-refractivity contribution is 6.15. The summed E-state index contributed by atoms with van der Waals surface area (Å²) >= 11 is 0. The second kappa shape index (κ2) is 3.56. The van der Waals surface area contributed by atoms with Crippen LogP contribution in [0.2, 0.25) is 0 Å². The molecule has 2 aliphatic rings. The van der Waals surface area contributed by atoms with E-state index in [9.17, 15) is 4.79 Å². The van der Waals surface area contributed by atoms with Gasteiger partial charge in [-0.2, -0.15) is 0 Å². The number of amidine groups is 1. The van der Waals surface area contributed by atoms with Gasteiger partial charge in [-0.15, -0.1) is 0 Å². The smallest absolute Gasteiger partial charge is 0.275 e. The van der Waals surface area contributed by atoms with E-state index in [1.165, 1.54) is 0 Å². The topological polar surface area (TPSA) is 54.4 Å². The first-order valence-electron chi connectivity index (χ1n) is 5.34. The Kier molecular flexibility index (Phi) is 2.06. The minimum Gasteiger partial charge on any atom is -0.308 e. The molecule has 0 unspecified atom stereocenters. The Morgan fingerprint density at radius 2 is 2.06 bits per heavy atom. The molecule has 1 aromatic rings. The first-order valence-corrected chi connectivity index (χ1v) is 5.34. The van der Waals surface area contributed by atoms with Gasteiger partial charge in [-0.1, -0.05) is 0 Å². The number of rotatable bonds is 2. The Hall–Kier alpha value is -1.97. The van der Waals surface area contributed by atoms with E-state index >= 15 is 0 Å². The van der Waals surface area contributed by atoms with Gasteiger partial charge in [-0.25, -0.2) is 4.99 Å². The maximum atomic E-state index is 11.6. The zero-order chi connectivity index (χ0) is 11.0. The van der Waals surface area contributed by atoms with Gasteiger partial charge in [-0.05, 0) is 36.6 Å². The molecular weight excluding hydrogens is 202 g/mol. The first kappa shape index (κ1) is 9.27. The second-order valence-electron chi connectivity index (χ2n) is 4.04. The van der Waals surface area contributed by atoms with E-state index in [1.807, 2.05) is 12.1 Å². The molecule has 1 N–H and O–H groups in total. The molecule has 0 bridgehead atoms. The lowest BCUT2D eigenvalue weighted by Gasteiger charge is -1.93. The first-order chi connectivity index (χ1) is 7.83. The van der Waals surface area contributed by atoms with Crippen molar-refractivity contribution in [2.75, 3.05) is 0 Å². The molecule has 0 atom stereocenters. The Morgan fingerprint density at radius 3 is 2.75 bits per heavy atom. The zero-order valence-corrected chi connectivity index (χ0v) is 8.68. The van der Waals surface area contributed by atoms with Crippen LogP contribution in [-0.4, -0.2) is 16.7 Å². The normalized spacial score (nSPS) is 22.1. The quantitative estimate of drug-likeness (QED) is 0.754. The van der Waals surface area contributed by atoms with E-state index in [-0.39, 0.29) is 5.91 Å². The van der Waals surface area contributed by atoms with Crippen LogP contribution in [0, 0.1) is 5.92 Å². The number of carbonyl (C=O) groups excluding carboxylic acids is 1. The van der Waals surface area contributed by atoms with E-state index in [0.717, 1.165) is 24.2 Å². The van der Waals surface area contributed by atoms with E-state index in [0.29, 0.717) is 11.6 Å². The summed E-state index contributed by atoms with van der Waals surface area (Å²) in [7, 11) is 0. The highest BCUT2D eigenvalue weighted by atomic mass is 16.2. The fourth-order valence-corrected chi connectivity index (χ4v) is 1.65. The van der Waals surface area contributed by atoms with Gasteiger partial charge < -0.3 is 5.32 Å². The predicted octanol–water partition coefficient (Wildman–Crippen LogP) is 1.36. The van der Waals surface area contributed by atoms with Gasteiger partial charge in [-0.3, -0.25) is 9.78 Å². The van der Waals surface area contributed by atoms with Gasteiger partial charge >= 0.3 is 0 Å². The lowest BCUT2D eigenvalue weighted by molar-refractivity contribution is -0.115. The average molecular weight is 213 g/mol. The van der Waals surface area contributed by atoms with Gasteiger partial charge in [0.25, 0.3) is 5.91 Å². The number of hydrogen-bond acceptors (Lipinski definition) is 3. The number of nitrogens with one attached hydrogen (secondary N) is 1. The lowest BCUT2D eigenvalue weighted by Crippen LogP contribution is -2.25. The van der Waals surface area contributed by atoms with Crippen LogP contribution in [0.5, 0.6) is 0 Å². The molecule has 1 fully saturated rings. The van der Waals surface area contributed by atoms with Crippen molar-refractivity contribution in [3.8, 4) is 0 Å². The van der Waals surface area contributed by atoms with Crippen LogP contribution < -0.4 is 5.32 Å². The number of amides is 1. The number of hydrogen-bond donors (Lipinski definition) is 1. The largest absolute Gasteiger partial charge is 0.308 e. The molecule has 1 aromatic heterocycles. The molecule has 2 heterocycles. The standard InChI is InChI=1S/C12H11N3O/c16-12-10(7-8-3-5-13-6-4-8)14-11(15-12)9-1-2-9/h3-7,9H,1-2H2,(H,14,15,16)/b10-7+. The van der Waals surface area contributed by atoms with Crippen molar-refractivity contribution in [2.24, 2.45) is 10.9 Å². The Balaban J connectivity index is 1.89. The molecule has 0 radical (unpaired) electrons. The molecular formula is C12H11N3O. The van der Waals surface area contributed by atoms with Gasteiger partial charge in [0.2, 0.25) is 0 Å².